The van der Waals surface area contributed by atoms with Gasteiger partial charge in [-0.2, -0.15) is 0 Å². The van der Waals surface area contributed by atoms with E-state index in [1.165, 1.54) is 24.1 Å². The van der Waals surface area contributed by atoms with Crippen LogP contribution in [-0.2, 0) is 0 Å². The largest absolute Gasteiger partial charge is 0.316 e. The molecule has 2 rings (SSSR count). The first-order valence-electron chi connectivity index (χ1n) is 5.58. The van der Waals surface area contributed by atoms with E-state index < -0.39 is 0 Å². The molecule has 0 bridgehead atoms. The van der Waals surface area contributed by atoms with E-state index in [-0.39, 0.29) is 0 Å². The molecule has 0 aromatic heterocycles. The van der Waals surface area contributed by atoms with E-state index in [9.17, 15) is 0 Å². The molecule has 0 unspecified atom stereocenters. The Hall–Kier alpha value is -0.820. The molecule has 1 fully saturated rings. The zero-order valence-electron chi connectivity index (χ0n) is 9.09. The molecule has 0 radical (unpaired) electrons. The standard InChI is InChI=1S/C13H19N/c1-10(2)11-3-5-12(6-4-11)13-7-8-14-9-13/h3-6,10,13-14H,7-9H2,1-2H3/t13-/m1/s1. The van der Waals surface area contributed by atoms with Crippen molar-refractivity contribution in [1.82, 2.24) is 5.32 Å². The molecule has 76 valence electrons. The first kappa shape index (κ1) is 9.72. The van der Waals surface area contributed by atoms with Crippen LogP contribution in [0.3, 0.4) is 0 Å². The highest BCUT2D eigenvalue weighted by Crippen LogP contribution is 2.24. The maximum atomic E-state index is 3.41. The van der Waals surface area contributed by atoms with Gasteiger partial charge in [-0.25, -0.2) is 0 Å². The van der Waals surface area contributed by atoms with Crippen LogP contribution in [0.2, 0.25) is 0 Å². The van der Waals surface area contributed by atoms with E-state index in [4.69, 9.17) is 0 Å². The molecule has 1 heteroatoms. The third kappa shape index (κ3) is 1.98. The second kappa shape index (κ2) is 4.14. The van der Waals surface area contributed by atoms with Crippen molar-refractivity contribution in [1.29, 1.82) is 0 Å². The fourth-order valence-electron chi connectivity index (χ4n) is 2.09. The van der Waals surface area contributed by atoms with E-state index in [1.54, 1.807) is 0 Å². The minimum Gasteiger partial charge on any atom is -0.316 e. The molecule has 1 aliphatic heterocycles. The van der Waals surface area contributed by atoms with Crippen molar-refractivity contribution in [3.63, 3.8) is 0 Å². The summed E-state index contributed by atoms with van der Waals surface area (Å²) in [7, 11) is 0. The van der Waals surface area contributed by atoms with Crippen LogP contribution in [0, 0.1) is 0 Å². The zero-order valence-corrected chi connectivity index (χ0v) is 9.09. The van der Waals surface area contributed by atoms with Gasteiger partial charge in [-0.3, -0.25) is 0 Å². The lowest BCUT2D eigenvalue weighted by molar-refractivity contribution is 0.761. The summed E-state index contributed by atoms with van der Waals surface area (Å²) < 4.78 is 0. The summed E-state index contributed by atoms with van der Waals surface area (Å²) in [6.45, 7) is 6.82. The number of hydrogen-bond acceptors (Lipinski definition) is 1. The summed E-state index contributed by atoms with van der Waals surface area (Å²) in [5.41, 5.74) is 2.94. The summed E-state index contributed by atoms with van der Waals surface area (Å²) in [6, 6.07) is 9.15. The monoisotopic (exact) mass is 189 g/mol. The maximum absolute atomic E-state index is 3.41. The fourth-order valence-corrected chi connectivity index (χ4v) is 2.09. The van der Waals surface area contributed by atoms with Crippen LogP contribution in [0.25, 0.3) is 0 Å². The summed E-state index contributed by atoms with van der Waals surface area (Å²) in [6.07, 6.45) is 1.29. The van der Waals surface area contributed by atoms with E-state index in [0.29, 0.717) is 5.92 Å². The first-order valence-corrected chi connectivity index (χ1v) is 5.58. The van der Waals surface area contributed by atoms with Crippen LogP contribution in [0.15, 0.2) is 24.3 Å². The van der Waals surface area contributed by atoms with E-state index in [1.807, 2.05) is 0 Å². The minimum atomic E-state index is 0.644. The Bertz CT molecular complexity index is 281. The van der Waals surface area contributed by atoms with Gasteiger partial charge in [-0.1, -0.05) is 38.1 Å². The van der Waals surface area contributed by atoms with Gasteiger partial charge in [0, 0.05) is 6.54 Å². The third-order valence-corrected chi connectivity index (χ3v) is 3.13. The predicted octanol–water partition coefficient (Wildman–Crippen LogP) is 2.89. The summed E-state index contributed by atoms with van der Waals surface area (Å²) in [5, 5.41) is 3.41. The normalized spacial score (nSPS) is 21.8. The molecular weight excluding hydrogens is 170 g/mol. The van der Waals surface area contributed by atoms with Gasteiger partial charge in [-0.05, 0) is 35.9 Å². The number of hydrogen-bond donors (Lipinski definition) is 1. The lowest BCUT2D eigenvalue weighted by Gasteiger charge is -2.11. The Morgan fingerprint density at radius 1 is 1.21 bits per heavy atom. The van der Waals surface area contributed by atoms with Crippen molar-refractivity contribution in [2.75, 3.05) is 13.1 Å². The molecule has 1 atom stereocenters. The Labute approximate surface area is 86.5 Å². The van der Waals surface area contributed by atoms with Gasteiger partial charge in [0.1, 0.15) is 0 Å². The maximum Gasteiger partial charge on any atom is 0.00206 e. The first-order chi connectivity index (χ1) is 6.77. The number of benzene rings is 1. The Kier molecular flexibility index (Phi) is 2.87. The summed E-state index contributed by atoms with van der Waals surface area (Å²) >= 11 is 0. The van der Waals surface area contributed by atoms with E-state index in [2.05, 4.69) is 43.4 Å². The lowest BCUT2D eigenvalue weighted by Crippen LogP contribution is -2.07. The lowest BCUT2D eigenvalue weighted by atomic mass is 9.95. The van der Waals surface area contributed by atoms with Gasteiger partial charge in [0.2, 0.25) is 0 Å². The minimum absolute atomic E-state index is 0.644. The molecule has 0 spiro atoms. The Morgan fingerprint density at radius 2 is 1.93 bits per heavy atom. The van der Waals surface area contributed by atoms with E-state index in [0.717, 1.165) is 12.5 Å². The molecule has 1 aromatic carbocycles. The van der Waals surface area contributed by atoms with Crippen molar-refractivity contribution in [3.05, 3.63) is 35.4 Å². The molecule has 1 aromatic rings. The van der Waals surface area contributed by atoms with Crippen LogP contribution in [-0.4, -0.2) is 13.1 Å². The van der Waals surface area contributed by atoms with Gasteiger partial charge in [0.25, 0.3) is 0 Å². The van der Waals surface area contributed by atoms with Crippen molar-refractivity contribution < 1.29 is 0 Å². The molecule has 0 amide bonds. The van der Waals surface area contributed by atoms with E-state index >= 15 is 0 Å². The Balaban J connectivity index is 2.12. The molecule has 0 aliphatic carbocycles. The van der Waals surface area contributed by atoms with Crippen LogP contribution >= 0.6 is 0 Å². The summed E-state index contributed by atoms with van der Waals surface area (Å²) in [5.74, 6) is 1.39. The van der Waals surface area contributed by atoms with Crippen LogP contribution in [0.4, 0.5) is 0 Å². The highest BCUT2D eigenvalue weighted by Gasteiger charge is 2.16. The average molecular weight is 189 g/mol. The van der Waals surface area contributed by atoms with Crippen molar-refractivity contribution in [2.24, 2.45) is 0 Å². The molecule has 1 aliphatic rings. The number of rotatable bonds is 2. The zero-order chi connectivity index (χ0) is 9.97. The highest BCUT2D eigenvalue weighted by atomic mass is 14.9. The van der Waals surface area contributed by atoms with Gasteiger partial charge in [0.15, 0.2) is 0 Å². The topological polar surface area (TPSA) is 12.0 Å². The second-order valence-corrected chi connectivity index (χ2v) is 4.51. The Morgan fingerprint density at radius 3 is 2.43 bits per heavy atom. The van der Waals surface area contributed by atoms with Gasteiger partial charge in [0.05, 0.1) is 0 Å². The highest BCUT2D eigenvalue weighted by molar-refractivity contribution is 5.27. The van der Waals surface area contributed by atoms with Gasteiger partial charge in [-0.15, -0.1) is 0 Å². The molecule has 14 heavy (non-hydrogen) atoms. The van der Waals surface area contributed by atoms with Gasteiger partial charge >= 0.3 is 0 Å². The number of nitrogens with one attached hydrogen (secondary N) is 1. The molecular formula is C13H19N. The molecule has 1 saturated heterocycles. The quantitative estimate of drug-likeness (QED) is 0.754. The molecule has 1 N–H and O–H groups in total. The van der Waals surface area contributed by atoms with Crippen molar-refractivity contribution in [3.8, 4) is 0 Å². The van der Waals surface area contributed by atoms with Crippen molar-refractivity contribution >= 4 is 0 Å². The van der Waals surface area contributed by atoms with Crippen LogP contribution < -0.4 is 5.32 Å². The predicted molar refractivity (Wildman–Crippen MR) is 60.8 cm³/mol. The van der Waals surface area contributed by atoms with Crippen LogP contribution in [0.5, 0.6) is 0 Å². The summed E-state index contributed by atoms with van der Waals surface area (Å²) in [4.78, 5) is 0. The molecule has 1 heterocycles. The van der Waals surface area contributed by atoms with Crippen molar-refractivity contribution in [2.45, 2.75) is 32.1 Å². The van der Waals surface area contributed by atoms with Crippen LogP contribution in [0.1, 0.15) is 43.2 Å². The average Bonchev–Trinajstić information content (AvgIpc) is 2.71. The second-order valence-electron chi connectivity index (χ2n) is 4.51. The van der Waals surface area contributed by atoms with Gasteiger partial charge < -0.3 is 5.32 Å². The molecule has 1 nitrogen and oxygen atoms in total. The smallest absolute Gasteiger partial charge is 0.00206 e. The molecule has 0 saturated carbocycles. The SMILES string of the molecule is CC(C)c1ccc([C@@H]2CCNC2)cc1. The third-order valence-electron chi connectivity index (χ3n) is 3.13. The fraction of sp³-hybridized carbons (Fsp3) is 0.538.